The first-order chi connectivity index (χ1) is 10.7. The first-order valence-corrected chi connectivity index (χ1v) is 8.98. The molecule has 0 saturated heterocycles. The van der Waals surface area contributed by atoms with E-state index in [2.05, 4.69) is 60.7 Å². The van der Waals surface area contributed by atoms with Gasteiger partial charge in [-0.15, -0.1) is 0 Å². The highest BCUT2D eigenvalue weighted by Gasteiger charge is 2.03. The number of aryl methyl sites for hydroxylation is 1. The number of benzene rings is 1. The van der Waals surface area contributed by atoms with E-state index < -0.39 is 0 Å². The molecule has 2 N–H and O–H groups in total. The van der Waals surface area contributed by atoms with Crippen LogP contribution in [0, 0.1) is 6.92 Å². The molecule has 0 spiro atoms. The predicted octanol–water partition coefficient (Wildman–Crippen LogP) is 2.82. The topological polar surface area (TPSA) is 45.7 Å². The van der Waals surface area contributed by atoms with Crippen molar-refractivity contribution in [2.24, 2.45) is 4.99 Å². The summed E-state index contributed by atoms with van der Waals surface area (Å²) >= 11 is 1.91. The molecule has 0 aliphatic carbocycles. The Morgan fingerprint density at radius 3 is 2.68 bits per heavy atom. The second-order valence-electron chi connectivity index (χ2n) is 5.30. The molecule has 1 aromatic rings. The predicted molar refractivity (Wildman–Crippen MR) is 97.8 cm³/mol. The number of thioether (sulfide) groups is 1. The lowest BCUT2D eigenvalue weighted by Crippen LogP contribution is -2.44. The highest BCUT2D eigenvalue weighted by atomic mass is 32.2. The van der Waals surface area contributed by atoms with Crippen molar-refractivity contribution in [1.82, 2.24) is 10.6 Å². The number of hydrogen-bond donors (Lipinski definition) is 2. The fourth-order valence-corrected chi connectivity index (χ4v) is 2.73. The Morgan fingerprint density at radius 2 is 2.05 bits per heavy atom. The lowest BCUT2D eigenvalue weighted by atomic mass is 10.2. The van der Waals surface area contributed by atoms with E-state index in [0.29, 0.717) is 6.61 Å². The first-order valence-electron chi connectivity index (χ1n) is 7.82. The summed E-state index contributed by atoms with van der Waals surface area (Å²) in [7, 11) is 1.71. The van der Waals surface area contributed by atoms with Gasteiger partial charge in [0.2, 0.25) is 0 Å². The van der Waals surface area contributed by atoms with Gasteiger partial charge < -0.3 is 15.4 Å². The fraction of sp³-hybridized carbons (Fsp3) is 0.588. The molecular weight excluding hydrogens is 294 g/mol. The van der Waals surface area contributed by atoms with Gasteiger partial charge in [0, 0.05) is 31.2 Å². The van der Waals surface area contributed by atoms with Crippen LogP contribution in [0.15, 0.2) is 29.3 Å². The van der Waals surface area contributed by atoms with Crippen molar-refractivity contribution in [3.05, 3.63) is 35.4 Å². The third kappa shape index (κ3) is 8.29. The maximum Gasteiger partial charge on any atom is 0.191 e. The second-order valence-corrected chi connectivity index (χ2v) is 6.40. The van der Waals surface area contributed by atoms with Crippen LogP contribution in [0.5, 0.6) is 0 Å². The minimum atomic E-state index is 0.253. The number of ether oxygens (including phenoxy) is 1. The Morgan fingerprint density at radius 1 is 1.32 bits per heavy atom. The molecule has 5 heteroatoms. The van der Waals surface area contributed by atoms with Gasteiger partial charge in [0.1, 0.15) is 0 Å². The molecular formula is C17H29N3OS. The first kappa shape index (κ1) is 18.8. The summed E-state index contributed by atoms with van der Waals surface area (Å²) in [5.41, 5.74) is 2.68. The van der Waals surface area contributed by atoms with Crippen molar-refractivity contribution in [3.8, 4) is 0 Å². The van der Waals surface area contributed by atoms with Crippen molar-refractivity contribution in [3.63, 3.8) is 0 Å². The SMILES string of the molecule is CCNC(=NCCSCc1ccc(C)cc1)NC(C)COC. The molecule has 0 aromatic heterocycles. The standard InChI is InChI=1S/C17H29N3OS/c1-5-18-17(20-15(3)12-21-4)19-10-11-22-13-16-8-6-14(2)7-9-16/h6-9,15H,5,10-13H2,1-4H3,(H2,18,19,20). The number of aliphatic imine (C=N–C) groups is 1. The van der Waals surface area contributed by atoms with Crippen LogP contribution in [0.1, 0.15) is 25.0 Å². The number of nitrogens with one attached hydrogen (secondary N) is 2. The van der Waals surface area contributed by atoms with Crippen LogP contribution in [0.25, 0.3) is 0 Å². The van der Waals surface area contributed by atoms with Gasteiger partial charge in [-0.1, -0.05) is 29.8 Å². The largest absolute Gasteiger partial charge is 0.383 e. The lowest BCUT2D eigenvalue weighted by molar-refractivity contribution is 0.179. The maximum atomic E-state index is 5.13. The van der Waals surface area contributed by atoms with Gasteiger partial charge in [0.05, 0.1) is 13.2 Å². The Bertz CT molecular complexity index is 434. The molecule has 0 aliphatic rings. The molecule has 1 unspecified atom stereocenters. The monoisotopic (exact) mass is 323 g/mol. The molecule has 0 saturated carbocycles. The van der Waals surface area contributed by atoms with Crippen LogP contribution < -0.4 is 10.6 Å². The second kappa shape index (κ2) is 11.4. The van der Waals surface area contributed by atoms with Crippen LogP contribution in [0.3, 0.4) is 0 Å². The minimum Gasteiger partial charge on any atom is -0.383 e. The summed E-state index contributed by atoms with van der Waals surface area (Å²) in [6.07, 6.45) is 0. The molecule has 1 atom stereocenters. The summed E-state index contributed by atoms with van der Waals surface area (Å²) in [6, 6.07) is 8.98. The molecule has 124 valence electrons. The molecule has 22 heavy (non-hydrogen) atoms. The summed E-state index contributed by atoms with van der Waals surface area (Å²) < 4.78 is 5.13. The summed E-state index contributed by atoms with van der Waals surface area (Å²) in [4.78, 5) is 4.60. The van der Waals surface area contributed by atoms with Gasteiger partial charge in [-0.25, -0.2) is 0 Å². The van der Waals surface area contributed by atoms with Gasteiger partial charge in [-0.2, -0.15) is 11.8 Å². The fourth-order valence-electron chi connectivity index (χ4n) is 1.94. The molecule has 0 bridgehead atoms. The Kier molecular flexibility index (Phi) is 9.75. The maximum absolute atomic E-state index is 5.13. The zero-order valence-corrected chi connectivity index (χ0v) is 15.0. The van der Waals surface area contributed by atoms with Crippen LogP contribution in [-0.4, -0.2) is 44.6 Å². The van der Waals surface area contributed by atoms with Crippen LogP contribution in [-0.2, 0) is 10.5 Å². The van der Waals surface area contributed by atoms with Gasteiger partial charge in [-0.3, -0.25) is 4.99 Å². The number of methoxy groups -OCH3 is 1. The van der Waals surface area contributed by atoms with E-state index in [9.17, 15) is 0 Å². The third-order valence-corrected chi connectivity index (χ3v) is 4.05. The van der Waals surface area contributed by atoms with E-state index in [1.165, 1.54) is 11.1 Å². The average Bonchev–Trinajstić information content (AvgIpc) is 2.49. The zero-order chi connectivity index (χ0) is 16.2. The summed E-state index contributed by atoms with van der Waals surface area (Å²) in [6.45, 7) is 8.62. The molecule has 0 amide bonds. The molecule has 1 aromatic carbocycles. The summed E-state index contributed by atoms with van der Waals surface area (Å²) in [5, 5.41) is 6.60. The molecule has 1 rings (SSSR count). The highest BCUT2D eigenvalue weighted by Crippen LogP contribution is 2.12. The number of hydrogen-bond acceptors (Lipinski definition) is 3. The van der Waals surface area contributed by atoms with Gasteiger partial charge >= 0.3 is 0 Å². The quantitative estimate of drug-likeness (QED) is 0.417. The zero-order valence-electron chi connectivity index (χ0n) is 14.2. The van der Waals surface area contributed by atoms with Crippen molar-refractivity contribution < 1.29 is 4.74 Å². The third-order valence-electron chi connectivity index (χ3n) is 3.04. The van der Waals surface area contributed by atoms with Crippen molar-refractivity contribution in [1.29, 1.82) is 0 Å². The summed E-state index contributed by atoms with van der Waals surface area (Å²) in [5.74, 6) is 2.92. The van der Waals surface area contributed by atoms with E-state index in [0.717, 1.165) is 30.6 Å². The van der Waals surface area contributed by atoms with E-state index in [1.54, 1.807) is 7.11 Å². The Labute approximate surface area is 139 Å². The van der Waals surface area contributed by atoms with Crippen molar-refractivity contribution in [2.45, 2.75) is 32.6 Å². The van der Waals surface area contributed by atoms with E-state index in [1.807, 2.05) is 11.8 Å². The number of nitrogens with zero attached hydrogens (tertiary/aromatic N) is 1. The average molecular weight is 324 g/mol. The molecule has 0 fully saturated rings. The Balaban J connectivity index is 2.29. The van der Waals surface area contributed by atoms with Crippen molar-refractivity contribution in [2.75, 3.05) is 32.6 Å². The molecule has 0 aliphatic heterocycles. The molecule has 0 heterocycles. The molecule has 0 radical (unpaired) electrons. The minimum absolute atomic E-state index is 0.253. The smallest absolute Gasteiger partial charge is 0.191 e. The number of rotatable bonds is 9. The lowest BCUT2D eigenvalue weighted by Gasteiger charge is -2.16. The van der Waals surface area contributed by atoms with Crippen LogP contribution in [0.2, 0.25) is 0 Å². The van der Waals surface area contributed by atoms with E-state index in [4.69, 9.17) is 4.74 Å². The van der Waals surface area contributed by atoms with Crippen LogP contribution in [0.4, 0.5) is 0 Å². The van der Waals surface area contributed by atoms with Crippen molar-refractivity contribution >= 4 is 17.7 Å². The normalized spacial score (nSPS) is 13.0. The van der Waals surface area contributed by atoms with Gasteiger partial charge in [0.25, 0.3) is 0 Å². The van der Waals surface area contributed by atoms with Gasteiger partial charge in [-0.05, 0) is 26.3 Å². The van der Waals surface area contributed by atoms with E-state index in [-0.39, 0.29) is 6.04 Å². The van der Waals surface area contributed by atoms with E-state index >= 15 is 0 Å². The van der Waals surface area contributed by atoms with Gasteiger partial charge in [0.15, 0.2) is 5.96 Å². The highest BCUT2D eigenvalue weighted by molar-refractivity contribution is 7.98. The molecule has 4 nitrogen and oxygen atoms in total. The van der Waals surface area contributed by atoms with Crippen LogP contribution >= 0.6 is 11.8 Å². The Hall–Kier alpha value is -1.20. The number of guanidine groups is 1.